The van der Waals surface area contributed by atoms with Gasteiger partial charge in [0.25, 0.3) is 11.7 Å². The first-order chi connectivity index (χ1) is 15.5. The molecule has 1 aliphatic heterocycles. The van der Waals surface area contributed by atoms with Gasteiger partial charge in [0.2, 0.25) is 0 Å². The normalized spacial score (nSPS) is 17.9. The van der Waals surface area contributed by atoms with E-state index in [0.29, 0.717) is 5.56 Å². The smallest absolute Gasteiger partial charge is 0.300 e. The van der Waals surface area contributed by atoms with Crippen LogP contribution in [0.4, 0.5) is 14.5 Å². The molecule has 5 rings (SSSR count). The lowest BCUT2D eigenvalue weighted by molar-refractivity contribution is -0.132. The summed E-state index contributed by atoms with van der Waals surface area (Å²) in [5, 5.41) is 11.8. The van der Waals surface area contributed by atoms with Gasteiger partial charge < -0.3 is 10.1 Å². The minimum Gasteiger partial charge on any atom is -0.507 e. The van der Waals surface area contributed by atoms with Gasteiger partial charge in [0.1, 0.15) is 17.4 Å². The molecule has 3 aromatic carbocycles. The number of aromatic amines is 1. The Hall–Kier alpha value is -4.26. The first-order valence-corrected chi connectivity index (χ1v) is 9.84. The molecule has 2 heterocycles. The van der Waals surface area contributed by atoms with Gasteiger partial charge in [0, 0.05) is 33.9 Å². The minimum absolute atomic E-state index is 0.157. The molecule has 0 bridgehead atoms. The number of carbonyl (C=O) groups excluding carboxylic acids is 2. The number of nitrogens with one attached hydrogen (secondary N) is 1. The summed E-state index contributed by atoms with van der Waals surface area (Å²) in [5.41, 5.74) is 1.55. The number of aliphatic hydroxyl groups excluding tert-OH is 1. The molecule has 1 fully saturated rings. The Morgan fingerprint density at radius 3 is 2.41 bits per heavy atom. The Bertz CT molecular complexity index is 1410. The molecule has 1 amide bonds. The van der Waals surface area contributed by atoms with Crippen LogP contribution in [0.25, 0.3) is 16.7 Å². The molecular weight excluding hydrogens is 414 g/mol. The van der Waals surface area contributed by atoms with Crippen molar-refractivity contribution < 1.29 is 23.5 Å². The molecule has 158 valence electrons. The number of amides is 1. The molecular formula is C25H16F2N2O3. The number of halogens is 2. The zero-order valence-corrected chi connectivity index (χ0v) is 16.5. The summed E-state index contributed by atoms with van der Waals surface area (Å²) < 4.78 is 27.4. The van der Waals surface area contributed by atoms with Crippen molar-refractivity contribution in [3.63, 3.8) is 0 Å². The molecule has 7 heteroatoms. The Morgan fingerprint density at radius 2 is 1.66 bits per heavy atom. The van der Waals surface area contributed by atoms with Crippen molar-refractivity contribution in [3.8, 4) is 0 Å². The summed E-state index contributed by atoms with van der Waals surface area (Å²) in [6, 6.07) is 16.6. The van der Waals surface area contributed by atoms with Crippen molar-refractivity contribution in [3.05, 3.63) is 107 Å². The second-order valence-corrected chi connectivity index (χ2v) is 7.45. The number of carbonyl (C=O) groups is 2. The van der Waals surface area contributed by atoms with E-state index in [1.165, 1.54) is 35.2 Å². The maximum Gasteiger partial charge on any atom is 0.300 e. The number of ketones is 1. The third-order valence-electron chi connectivity index (χ3n) is 5.56. The van der Waals surface area contributed by atoms with Crippen LogP contribution in [0.2, 0.25) is 0 Å². The van der Waals surface area contributed by atoms with Crippen molar-refractivity contribution >= 4 is 34.0 Å². The fourth-order valence-electron chi connectivity index (χ4n) is 4.10. The van der Waals surface area contributed by atoms with E-state index >= 15 is 0 Å². The average molecular weight is 430 g/mol. The van der Waals surface area contributed by atoms with Gasteiger partial charge in [-0.3, -0.25) is 14.5 Å². The number of anilines is 1. The van der Waals surface area contributed by atoms with Crippen molar-refractivity contribution in [2.45, 2.75) is 6.04 Å². The predicted molar refractivity (Wildman–Crippen MR) is 116 cm³/mol. The van der Waals surface area contributed by atoms with Crippen LogP contribution >= 0.6 is 0 Å². The fraction of sp³-hybridized carbons (Fsp3) is 0.0400. The number of benzene rings is 3. The van der Waals surface area contributed by atoms with Crippen LogP contribution in [-0.2, 0) is 9.59 Å². The zero-order valence-electron chi connectivity index (χ0n) is 16.5. The molecule has 1 aliphatic rings. The molecule has 1 atom stereocenters. The number of fused-ring (bicyclic) bond motifs is 1. The molecule has 1 saturated heterocycles. The first kappa shape index (κ1) is 19.7. The highest BCUT2D eigenvalue weighted by atomic mass is 19.1. The van der Waals surface area contributed by atoms with Crippen LogP contribution in [0.5, 0.6) is 0 Å². The SMILES string of the molecule is O=C1C(=O)N(c2cccc(F)c2)C(c2c[nH]c3ccccc23)/C1=C(\O)c1ccc(F)cc1. The number of para-hydroxylation sites is 1. The van der Waals surface area contributed by atoms with Crippen LogP contribution in [-0.4, -0.2) is 21.8 Å². The van der Waals surface area contributed by atoms with Gasteiger partial charge in [-0.2, -0.15) is 0 Å². The van der Waals surface area contributed by atoms with E-state index in [1.807, 2.05) is 24.3 Å². The molecule has 5 nitrogen and oxygen atoms in total. The summed E-state index contributed by atoms with van der Waals surface area (Å²) in [7, 11) is 0. The summed E-state index contributed by atoms with van der Waals surface area (Å²) in [5.74, 6) is -3.31. The number of hydrogen-bond donors (Lipinski definition) is 2. The molecule has 0 aliphatic carbocycles. The third-order valence-corrected chi connectivity index (χ3v) is 5.56. The molecule has 32 heavy (non-hydrogen) atoms. The van der Waals surface area contributed by atoms with Crippen molar-refractivity contribution in [2.24, 2.45) is 0 Å². The number of aromatic nitrogens is 1. The van der Waals surface area contributed by atoms with E-state index in [9.17, 15) is 23.5 Å². The van der Waals surface area contributed by atoms with Gasteiger partial charge in [-0.05, 0) is 48.5 Å². The van der Waals surface area contributed by atoms with Gasteiger partial charge in [-0.25, -0.2) is 8.78 Å². The number of H-pyrrole nitrogens is 1. The Morgan fingerprint density at radius 1 is 0.906 bits per heavy atom. The topological polar surface area (TPSA) is 73.4 Å². The number of nitrogens with zero attached hydrogens (tertiary/aromatic N) is 1. The maximum absolute atomic E-state index is 14.0. The monoisotopic (exact) mass is 430 g/mol. The van der Waals surface area contributed by atoms with Crippen molar-refractivity contribution in [1.82, 2.24) is 4.98 Å². The maximum atomic E-state index is 14.0. The molecule has 0 spiro atoms. The highest BCUT2D eigenvalue weighted by molar-refractivity contribution is 6.51. The molecule has 0 radical (unpaired) electrons. The summed E-state index contributed by atoms with van der Waals surface area (Å²) >= 11 is 0. The molecule has 1 unspecified atom stereocenters. The van der Waals surface area contributed by atoms with E-state index < -0.39 is 35.1 Å². The number of hydrogen-bond acceptors (Lipinski definition) is 3. The molecule has 4 aromatic rings. The fourth-order valence-corrected chi connectivity index (χ4v) is 4.10. The third kappa shape index (κ3) is 3.06. The van der Waals surface area contributed by atoms with Crippen LogP contribution in [0.1, 0.15) is 17.2 Å². The number of aliphatic hydroxyl groups is 1. The van der Waals surface area contributed by atoms with Gasteiger partial charge in [0.15, 0.2) is 0 Å². The quantitative estimate of drug-likeness (QED) is 0.271. The van der Waals surface area contributed by atoms with E-state index in [-0.39, 0.29) is 16.8 Å². The summed E-state index contributed by atoms with van der Waals surface area (Å²) in [6.45, 7) is 0. The van der Waals surface area contributed by atoms with Crippen LogP contribution in [0.3, 0.4) is 0 Å². The Kier molecular flexibility index (Phi) is 4.59. The summed E-state index contributed by atoms with van der Waals surface area (Å²) in [6.07, 6.45) is 1.66. The van der Waals surface area contributed by atoms with Gasteiger partial charge in [-0.1, -0.05) is 24.3 Å². The molecule has 2 N–H and O–H groups in total. The van der Waals surface area contributed by atoms with Gasteiger partial charge >= 0.3 is 0 Å². The van der Waals surface area contributed by atoms with E-state index in [0.717, 1.165) is 29.1 Å². The lowest BCUT2D eigenvalue weighted by Gasteiger charge is -2.25. The highest BCUT2D eigenvalue weighted by Crippen LogP contribution is 2.44. The number of Topliss-reactive ketones (excluding diaryl/α,β-unsaturated/α-hetero) is 1. The lowest BCUT2D eigenvalue weighted by atomic mass is 9.94. The van der Waals surface area contributed by atoms with Crippen LogP contribution < -0.4 is 4.90 Å². The second kappa shape index (κ2) is 7.46. The van der Waals surface area contributed by atoms with E-state index in [1.54, 1.807) is 6.20 Å². The zero-order chi connectivity index (χ0) is 22.4. The predicted octanol–water partition coefficient (Wildman–Crippen LogP) is 5.07. The molecule has 0 saturated carbocycles. The van der Waals surface area contributed by atoms with Crippen LogP contribution in [0.15, 0.2) is 84.6 Å². The Balaban J connectivity index is 1.78. The van der Waals surface area contributed by atoms with Gasteiger partial charge in [0.05, 0.1) is 11.6 Å². The van der Waals surface area contributed by atoms with E-state index in [4.69, 9.17) is 0 Å². The molecule has 1 aromatic heterocycles. The van der Waals surface area contributed by atoms with Crippen molar-refractivity contribution in [1.29, 1.82) is 0 Å². The van der Waals surface area contributed by atoms with Crippen LogP contribution in [0, 0.1) is 11.6 Å². The summed E-state index contributed by atoms with van der Waals surface area (Å²) in [4.78, 5) is 30.5. The number of rotatable bonds is 3. The van der Waals surface area contributed by atoms with Gasteiger partial charge in [-0.15, -0.1) is 0 Å². The lowest BCUT2D eigenvalue weighted by Crippen LogP contribution is -2.29. The minimum atomic E-state index is -1.02. The first-order valence-electron chi connectivity index (χ1n) is 9.84. The van der Waals surface area contributed by atoms with Crippen molar-refractivity contribution in [2.75, 3.05) is 4.90 Å². The van der Waals surface area contributed by atoms with E-state index in [2.05, 4.69) is 4.98 Å². The standard InChI is InChI=1S/C25H16F2N2O3/c26-15-10-8-14(9-11-15)23(30)21-22(19-13-28-20-7-2-1-6-18(19)20)29(25(32)24(21)31)17-5-3-4-16(27)12-17/h1-13,22,28,30H/b23-21+. The highest BCUT2D eigenvalue weighted by Gasteiger charge is 2.47. The largest absolute Gasteiger partial charge is 0.507 e. The average Bonchev–Trinajstić information content (AvgIpc) is 3.32. The second-order valence-electron chi connectivity index (χ2n) is 7.45. The Labute approximate surface area is 181 Å².